The van der Waals surface area contributed by atoms with E-state index in [1.165, 1.54) is 17.0 Å². The Balaban J connectivity index is 1.68. The van der Waals surface area contributed by atoms with Gasteiger partial charge in [-0.05, 0) is 35.9 Å². The SMILES string of the molecule is N#CC1(Nc2cccc(Sc3ccc(C=CC(=O)N4CCOCC4)c(C(F)(F)F)c3C(F)(F)F)c2)CCOCC1. The summed E-state index contributed by atoms with van der Waals surface area (Å²) in [5, 5.41) is 12.8. The minimum Gasteiger partial charge on any atom is -0.381 e. The highest BCUT2D eigenvalue weighted by atomic mass is 32.2. The van der Waals surface area contributed by atoms with Gasteiger partial charge >= 0.3 is 12.4 Å². The summed E-state index contributed by atoms with van der Waals surface area (Å²) in [6.45, 7) is 1.72. The maximum Gasteiger partial charge on any atom is 0.418 e. The molecule has 0 unspecified atom stereocenters. The summed E-state index contributed by atoms with van der Waals surface area (Å²) in [5.41, 5.74) is -4.94. The van der Waals surface area contributed by atoms with Gasteiger partial charge in [0.1, 0.15) is 5.54 Å². The predicted molar refractivity (Wildman–Crippen MR) is 135 cm³/mol. The van der Waals surface area contributed by atoms with Gasteiger partial charge in [0, 0.05) is 60.7 Å². The molecule has 6 nitrogen and oxygen atoms in total. The maximum atomic E-state index is 14.2. The first-order chi connectivity index (χ1) is 18.9. The number of hydrogen-bond donors (Lipinski definition) is 1. The fraction of sp³-hybridized carbons (Fsp3) is 0.407. The number of nitrogens with zero attached hydrogens (tertiary/aromatic N) is 2. The molecule has 0 aliphatic carbocycles. The van der Waals surface area contributed by atoms with Gasteiger partial charge in [0.25, 0.3) is 0 Å². The Morgan fingerprint density at radius 1 is 0.975 bits per heavy atom. The number of nitriles is 1. The zero-order valence-electron chi connectivity index (χ0n) is 21.1. The second kappa shape index (κ2) is 12.1. The molecule has 2 heterocycles. The number of alkyl halides is 6. The van der Waals surface area contributed by atoms with Crippen LogP contribution in [0.25, 0.3) is 6.08 Å². The van der Waals surface area contributed by atoms with E-state index in [-0.39, 0.29) is 31.2 Å². The summed E-state index contributed by atoms with van der Waals surface area (Å²) in [7, 11) is 0. The maximum absolute atomic E-state index is 14.2. The third-order valence-corrected chi connectivity index (χ3v) is 7.55. The molecule has 0 saturated carbocycles. The Labute approximate surface area is 230 Å². The van der Waals surface area contributed by atoms with E-state index in [0.717, 1.165) is 24.3 Å². The van der Waals surface area contributed by atoms with Crippen molar-refractivity contribution >= 4 is 29.4 Å². The Bertz CT molecular complexity index is 1290. The molecule has 4 rings (SSSR count). The second-order valence-electron chi connectivity index (χ2n) is 9.23. The molecule has 2 fully saturated rings. The largest absolute Gasteiger partial charge is 0.418 e. The van der Waals surface area contributed by atoms with Crippen LogP contribution in [-0.2, 0) is 26.6 Å². The molecule has 2 aliphatic heterocycles. The third-order valence-electron chi connectivity index (χ3n) is 6.50. The molecule has 0 aromatic heterocycles. The Morgan fingerprint density at radius 3 is 2.25 bits per heavy atom. The van der Waals surface area contributed by atoms with E-state index < -0.39 is 45.4 Å². The Morgan fingerprint density at radius 2 is 1.62 bits per heavy atom. The lowest BCUT2D eigenvalue weighted by Crippen LogP contribution is -2.42. The van der Waals surface area contributed by atoms with E-state index in [4.69, 9.17) is 9.47 Å². The molecule has 0 radical (unpaired) electrons. The molecule has 1 N–H and O–H groups in total. The molecule has 214 valence electrons. The lowest BCUT2D eigenvalue weighted by Gasteiger charge is -2.32. The van der Waals surface area contributed by atoms with Crippen LogP contribution in [0.2, 0.25) is 0 Å². The molecule has 2 saturated heterocycles. The summed E-state index contributed by atoms with van der Waals surface area (Å²) in [6, 6.07) is 10.3. The summed E-state index contributed by atoms with van der Waals surface area (Å²) < 4.78 is 95.5. The monoisotopic (exact) mass is 585 g/mol. The molecule has 13 heteroatoms. The number of carbonyl (C=O) groups excluding carboxylic acids is 1. The minimum atomic E-state index is -5.35. The summed E-state index contributed by atoms with van der Waals surface area (Å²) in [5.74, 6) is -0.618. The zero-order valence-corrected chi connectivity index (χ0v) is 21.9. The molecule has 0 spiro atoms. The fourth-order valence-electron chi connectivity index (χ4n) is 4.49. The van der Waals surface area contributed by atoms with Gasteiger partial charge in [-0.25, -0.2) is 0 Å². The van der Waals surface area contributed by atoms with E-state index in [0.29, 0.717) is 43.5 Å². The number of amides is 1. The fourth-order valence-corrected chi connectivity index (χ4v) is 5.53. The quantitative estimate of drug-likeness (QED) is 0.320. The molecule has 2 aliphatic rings. The lowest BCUT2D eigenvalue weighted by molar-refractivity contribution is -0.163. The van der Waals surface area contributed by atoms with Gasteiger partial charge in [-0.15, -0.1) is 0 Å². The van der Waals surface area contributed by atoms with Crippen molar-refractivity contribution in [2.24, 2.45) is 0 Å². The van der Waals surface area contributed by atoms with Gasteiger partial charge in [0.2, 0.25) is 5.91 Å². The first-order valence-corrected chi connectivity index (χ1v) is 13.1. The Kier molecular flexibility index (Phi) is 9.02. The number of hydrogen-bond acceptors (Lipinski definition) is 6. The first kappa shape index (κ1) is 29.8. The smallest absolute Gasteiger partial charge is 0.381 e. The summed E-state index contributed by atoms with van der Waals surface area (Å²) >= 11 is 0.529. The van der Waals surface area contributed by atoms with E-state index in [2.05, 4.69) is 11.4 Å². The highest BCUT2D eigenvalue weighted by molar-refractivity contribution is 7.99. The van der Waals surface area contributed by atoms with Crippen LogP contribution in [0.5, 0.6) is 0 Å². The minimum absolute atomic E-state index is 0.232. The lowest BCUT2D eigenvalue weighted by atomic mass is 9.91. The van der Waals surface area contributed by atoms with Crippen molar-refractivity contribution in [3.05, 3.63) is 59.2 Å². The van der Waals surface area contributed by atoms with Crippen molar-refractivity contribution in [3.63, 3.8) is 0 Å². The van der Waals surface area contributed by atoms with Gasteiger partial charge in [0.15, 0.2) is 0 Å². The van der Waals surface area contributed by atoms with Crippen LogP contribution in [0.15, 0.2) is 52.3 Å². The van der Waals surface area contributed by atoms with Gasteiger partial charge < -0.3 is 19.7 Å². The molecule has 0 atom stereocenters. The van der Waals surface area contributed by atoms with Crippen LogP contribution < -0.4 is 5.32 Å². The first-order valence-electron chi connectivity index (χ1n) is 12.3. The van der Waals surface area contributed by atoms with Crippen molar-refractivity contribution in [2.75, 3.05) is 44.8 Å². The number of halogens is 6. The average Bonchev–Trinajstić information content (AvgIpc) is 2.92. The predicted octanol–water partition coefficient (Wildman–Crippen LogP) is 6.23. The van der Waals surface area contributed by atoms with Crippen LogP contribution >= 0.6 is 11.8 Å². The molecular formula is C27H25F6N3O3S. The van der Waals surface area contributed by atoms with Crippen LogP contribution in [0.4, 0.5) is 32.0 Å². The normalized spacial score (nSPS) is 18.0. The highest BCUT2D eigenvalue weighted by Gasteiger charge is 2.46. The van der Waals surface area contributed by atoms with Crippen molar-refractivity contribution in [2.45, 2.75) is 40.5 Å². The Hall–Kier alpha value is -3.21. The topological polar surface area (TPSA) is 74.6 Å². The van der Waals surface area contributed by atoms with Gasteiger partial charge in [-0.3, -0.25) is 4.79 Å². The van der Waals surface area contributed by atoms with Gasteiger partial charge in [-0.1, -0.05) is 23.9 Å². The van der Waals surface area contributed by atoms with Crippen LogP contribution in [0.1, 0.15) is 29.5 Å². The van der Waals surface area contributed by atoms with Crippen LogP contribution in [0, 0.1) is 11.3 Å². The van der Waals surface area contributed by atoms with Crippen LogP contribution in [0.3, 0.4) is 0 Å². The van der Waals surface area contributed by atoms with E-state index in [1.807, 2.05) is 0 Å². The zero-order chi connectivity index (χ0) is 29.0. The van der Waals surface area contributed by atoms with Gasteiger partial charge in [-0.2, -0.15) is 31.6 Å². The standard InChI is InChI=1S/C27H25F6N3O3S/c28-26(29,30)23-18(5-7-22(37)36-10-14-39-15-11-36)4-6-21(24(23)27(31,32)33)40-20-3-1-2-19(16-20)35-25(17-34)8-12-38-13-9-25/h1-7,16,35H,8-15H2. The summed E-state index contributed by atoms with van der Waals surface area (Å²) in [4.78, 5) is 13.3. The van der Waals surface area contributed by atoms with Crippen LogP contribution in [-0.4, -0.2) is 55.9 Å². The average molecular weight is 586 g/mol. The number of nitrogens with one attached hydrogen (secondary N) is 1. The molecule has 2 aromatic rings. The number of anilines is 1. The van der Waals surface area contributed by atoms with E-state index in [1.54, 1.807) is 12.1 Å². The van der Waals surface area contributed by atoms with E-state index in [9.17, 15) is 36.4 Å². The summed E-state index contributed by atoms with van der Waals surface area (Å²) in [6.07, 6.45) is -8.28. The van der Waals surface area contributed by atoms with E-state index >= 15 is 0 Å². The van der Waals surface area contributed by atoms with Crippen molar-refractivity contribution < 1.29 is 40.6 Å². The van der Waals surface area contributed by atoms with Crippen molar-refractivity contribution in [1.29, 1.82) is 5.26 Å². The molecule has 1 amide bonds. The number of rotatable bonds is 6. The third kappa shape index (κ3) is 7.10. The molecule has 0 bridgehead atoms. The molecule has 2 aromatic carbocycles. The number of ether oxygens (including phenoxy) is 2. The highest BCUT2D eigenvalue weighted by Crippen LogP contribution is 2.48. The van der Waals surface area contributed by atoms with Crippen molar-refractivity contribution in [3.8, 4) is 6.07 Å². The molecular weight excluding hydrogens is 560 g/mol. The number of carbonyl (C=O) groups is 1. The second-order valence-corrected chi connectivity index (χ2v) is 10.3. The molecule has 40 heavy (non-hydrogen) atoms. The van der Waals surface area contributed by atoms with Crippen molar-refractivity contribution in [1.82, 2.24) is 4.90 Å². The number of morpholine rings is 1. The van der Waals surface area contributed by atoms with Gasteiger partial charge in [0.05, 0.1) is 30.4 Å². The number of benzene rings is 2.